The molecule has 0 saturated heterocycles. The number of benzene rings is 1. The van der Waals surface area contributed by atoms with Gasteiger partial charge in [-0.15, -0.1) is 0 Å². The second-order valence-electron chi connectivity index (χ2n) is 6.16. The Labute approximate surface area is 136 Å². The topological polar surface area (TPSA) is 91.2 Å². The average Bonchev–Trinajstić information content (AvgIpc) is 2.49. The molecule has 0 saturated carbocycles. The number of nitrogens with one attached hydrogen (secondary N) is 2. The van der Waals surface area contributed by atoms with E-state index in [0.717, 1.165) is 11.3 Å². The summed E-state index contributed by atoms with van der Waals surface area (Å²) in [6, 6.07) is 6.78. The third-order valence-corrected chi connectivity index (χ3v) is 3.09. The number of alkyl carbamates (subject to hydrolysis) is 1. The van der Waals surface area contributed by atoms with Crippen LogP contribution in [-0.2, 0) is 16.0 Å². The van der Waals surface area contributed by atoms with Gasteiger partial charge in [-0.2, -0.15) is 5.26 Å². The van der Waals surface area contributed by atoms with Crippen LogP contribution in [0.5, 0.6) is 0 Å². The highest BCUT2D eigenvalue weighted by Crippen LogP contribution is 2.19. The minimum absolute atomic E-state index is 0.423. The van der Waals surface area contributed by atoms with Crippen LogP contribution in [-0.4, -0.2) is 31.1 Å². The number of carbonyl (C=O) groups excluding carboxylic acids is 2. The van der Waals surface area contributed by atoms with Gasteiger partial charge < -0.3 is 20.2 Å². The molecule has 6 nitrogen and oxygen atoms in total. The minimum Gasteiger partial charge on any atom is -0.444 e. The molecular weight excluding hydrogens is 294 g/mol. The van der Waals surface area contributed by atoms with Gasteiger partial charge in [-0.25, -0.2) is 4.79 Å². The lowest BCUT2D eigenvalue weighted by molar-refractivity contribution is -0.109. The number of hydrogen-bond acceptors (Lipinski definition) is 5. The van der Waals surface area contributed by atoms with Crippen LogP contribution in [0.3, 0.4) is 0 Å². The molecule has 1 aromatic rings. The van der Waals surface area contributed by atoms with Crippen molar-refractivity contribution < 1.29 is 14.3 Å². The monoisotopic (exact) mass is 317 g/mol. The van der Waals surface area contributed by atoms with Gasteiger partial charge in [0.1, 0.15) is 11.9 Å². The highest BCUT2D eigenvalue weighted by atomic mass is 16.6. The van der Waals surface area contributed by atoms with E-state index in [0.29, 0.717) is 24.7 Å². The molecule has 1 amide bonds. The molecule has 0 aliphatic rings. The fraction of sp³-hybridized carbons (Fsp3) is 0.471. The van der Waals surface area contributed by atoms with Gasteiger partial charge in [0.05, 0.1) is 17.7 Å². The van der Waals surface area contributed by atoms with E-state index in [2.05, 4.69) is 16.7 Å². The van der Waals surface area contributed by atoms with Gasteiger partial charge in [0.15, 0.2) is 0 Å². The van der Waals surface area contributed by atoms with E-state index in [9.17, 15) is 9.59 Å². The SMILES string of the molecule is CNc1ccc(C#N)cc1CC[C@@H](C=O)NC(=O)OC(C)(C)C. The van der Waals surface area contributed by atoms with Gasteiger partial charge in [0, 0.05) is 12.7 Å². The second-order valence-corrected chi connectivity index (χ2v) is 6.16. The third-order valence-electron chi connectivity index (χ3n) is 3.09. The lowest BCUT2D eigenvalue weighted by atomic mass is 10.0. The van der Waals surface area contributed by atoms with Crippen LogP contribution in [0.4, 0.5) is 10.5 Å². The molecule has 23 heavy (non-hydrogen) atoms. The van der Waals surface area contributed by atoms with Crippen molar-refractivity contribution in [2.24, 2.45) is 0 Å². The van der Waals surface area contributed by atoms with Crippen molar-refractivity contribution in [2.75, 3.05) is 12.4 Å². The standard InChI is InChI=1S/C17H23N3O3/c1-17(2,3)23-16(22)20-14(11-21)7-6-13-9-12(10-18)5-8-15(13)19-4/h5,8-9,11,14,19H,6-7H2,1-4H3,(H,20,22)/t14-/m0/s1. The number of amides is 1. The van der Waals surface area contributed by atoms with Gasteiger partial charge in [-0.3, -0.25) is 0 Å². The molecular formula is C17H23N3O3. The first kappa shape index (κ1) is 18.5. The van der Waals surface area contributed by atoms with Crippen LogP contribution in [0.2, 0.25) is 0 Å². The molecule has 0 aliphatic heterocycles. The number of rotatable bonds is 6. The molecule has 6 heteroatoms. The van der Waals surface area contributed by atoms with E-state index >= 15 is 0 Å². The first-order valence-electron chi connectivity index (χ1n) is 7.44. The van der Waals surface area contributed by atoms with Gasteiger partial charge in [-0.05, 0) is 57.4 Å². The van der Waals surface area contributed by atoms with Crippen molar-refractivity contribution in [3.63, 3.8) is 0 Å². The number of aldehydes is 1. The van der Waals surface area contributed by atoms with Crippen LogP contribution < -0.4 is 10.6 Å². The Hall–Kier alpha value is -2.55. The fourth-order valence-corrected chi connectivity index (χ4v) is 2.06. The Morgan fingerprint density at radius 3 is 2.65 bits per heavy atom. The summed E-state index contributed by atoms with van der Waals surface area (Å²) in [5, 5.41) is 14.6. The van der Waals surface area contributed by atoms with Crippen molar-refractivity contribution in [3.8, 4) is 6.07 Å². The number of aryl methyl sites for hydroxylation is 1. The molecule has 0 fully saturated rings. The molecule has 1 aromatic carbocycles. The molecule has 0 radical (unpaired) electrons. The molecule has 124 valence electrons. The summed E-state index contributed by atoms with van der Waals surface area (Å²) >= 11 is 0. The summed E-state index contributed by atoms with van der Waals surface area (Å²) in [4.78, 5) is 22.9. The van der Waals surface area contributed by atoms with Crippen LogP contribution in [0.15, 0.2) is 18.2 Å². The summed E-state index contributed by atoms with van der Waals surface area (Å²) in [5.41, 5.74) is 1.76. The Kier molecular flexibility index (Phi) is 6.58. The first-order chi connectivity index (χ1) is 10.8. The van der Waals surface area contributed by atoms with Gasteiger partial charge in [0.2, 0.25) is 0 Å². The second kappa shape index (κ2) is 8.18. The zero-order valence-corrected chi connectivity index (χ0v) is 14.0. The van der Waals surface area contributed by atoms with E-state index < -0.39 is 17.7 Å². The van der Waals surface area contributed by atoms with E-state index in [-0.39, 0.29) is 0 Å². The molecule has 1 atom stereocenters. The lowest BCUT2D eigenvalue weighted by Crippen LogP contribution is -2.40. The molecule has 0 spiro atoms. The van der Waals surface area contributed by atoms with E-state index in [1.807, 2.05) is 6.07 Å². The van der Waals surface area contributed by atoms with E-state index in [1.54, 1.807) is 40.0 Å². The van der Waals surface area contributed by atoms with Gasteiger partial charge >= 0.3 is 6.09 Å². The van der Waals surface area contributed by atoms with Crippen LogP contribution in [0.25, 0.3) is 0 Å². The average molecular weight is 317 g/mol. The predicted octanol–water partition coefficient (Wildman–Crippen LogP) is 2.62. The maximum Gasteiger partial charge on any atom is 0.408 e. The summed E-state index contributed by atoms with van der Waals surface area (Å²) < 4.78 is 5.14. The van der Waals surface area contributed by atoms with Crippen molar-refractivity contribution in [2.45, 2.75) is 45.3 Å². The maximum atomic E-state index is 11.7. The predicted molar refractivity (Wildman–Crippen MR) is 88.2 cm³/mol. The van der Waals surface area contributed by atoms with E-state index in [4.69, 9.17) is 10.00 Å². The molecule has 1 rings (SSSR count). The summed E-state index contributed by atoms with van der Waals surface area (Å²) in [6.07, 6.45) is 1.04. The first-order valence-corrected chi connectivity index (χ1v) is 7.44. The Morgan fingerprint density at radius 1 is 1.43 bits per heavy atom. The van der Waals surface area contributed by atoms with Gasteiger partial charge in [-0.1, -0.05) is 0 Å². The van der Waals surface area contributed by atoms with Crippen molar-refractivity contribution in [3.05, 3.63) is 29.3 Å². The van der Waals surface area contributed by atoms with Crippen molar-refractivity contribution >= 4 is 18.1 Å². The molecule has 0 aromatic heterocycles. The highest BCUT2D eigenvalue weighted by Gasteiger charge is 2.19. The summed E-state index contributed by atoms with van der Waals surface area (Å²) in [5.74, 6) is 0. The number of anilines is 1. The lowest BCUT2D eigenvalue weighted by Gasteiger charge is -2.21. The molecule has 0 aliphatic carbocycles. The zero-order chi connectivity index (χ0) is 17.5. The van der Waals surface area contributed by atoms with Crippen LogP contribution in [0.1, 0.15) is 38.3 Å². The minimum atomic E-state index is -0.639. The molecule has 0 unspecified atom stereocenters. The summed E-state index contributed by atoms with van der Waals surface area (Å²) in [7, 11) is 1.79. The quantitative estimate of drug-likeness (QED) is 0.787. The van der Waals surface area contributed by atoms with Crippen molar-refractivity contribution in [1.29, 1.82) is 5.26 Å². The number of nitrogens with zero attached hydrogens (tertiary/aromatic N) is 1. The van der Waals surface area contributed by atoms with Gasteiger partial charge in [0.25, 0.3) is 0 Å². The Balaban J connectivity index is 2.69. The number of hydrogen-bond donors (Lipinski definition) is 2. The molecule has 2 N–H and O–H groups in total. The molecule has 0 heterocycles. The zero-order valence-electron chi connectivity index (χ0n) is 14.0. The number of ether oxygens (including phenoxy) is 1. The highest BCUT2D eigenvalue weighted by molar-refractivity contribution is 5.73. The number of nitriles is 1. The Morgan fingerprint density at radius 2 is 2.13 bits per heavy atom. The van der Waals surface area contributed by atoms with Crippen LogP contribution in [0, 0.1) is 11.3 Å². The normalized spacial score (nSPS) is 12.0. The third kappa shape index (κ3) is 6.39. The van der Waals surface area contributed by atoms with Crippen molar-refractivity contribution in [1.82, 2.24) is 5.32 Å². The van der Waals surface area contributed by atoms with E-state index in [1.165, 1.54) is 0 Å². The fourth-order valence-electron chi connectivity index (χ4n) is 2.06. The number of carbonyl (C=O) groups is 2. The molecule has 0 bridgehead atoms. The smallest absolute Gasteiger partial charge is 0.408 e. The Bertz CT molecular complexity index is 600. The largest absolute Gasteiger partial charge is 0.444 e. The summed E-state index contributed by atoms with van der Waals surface area (Å²) in [6.45, 7) is 5.28. The maximum absolute atomic E-state index is 11.7. The van der Waals surface area contributed by atoms with Crippen LogP contribution >= 0.6 is 0 Å².